The maximum absolute atomic E-state index is 12.7. The third-order valence-corrected chi connectivity index (χ3v) is 3.14. The highest BCUT2D eigenvalue weighted by atomic mass is 16.6. The molecule has 2 rings (SSSR count). The van der Waals surface area contributed by atoms with Gasteiger partial charge in [0.1, 0.15) is 0 Å². The summed E-state index contributed by atoms with van der Waals surface area (Å²) in [5, 5.41) is 9.74. The number of hydrogen-bond donors (Lipinski definition) is 1. The molecule has 0 saturated carbocycles. The van der Waals surface area contributed by atoms with Gasteiger partial charge in [0.2, 0.25) is 11.4 Å². The number of ether oxygens (including phenoxy) is 1. The van der Waals surface area contributed by atoms with Crippen LogP contribution in [0.2, 0.25) is 0 Å². The number of hydrogen-bond acceptors (Lipinski definition) is 4. The van der Waals surface area contributed by atoms with Crippen LogP contribution in [0, 0.1) is 0 Å². The summed E-state index contributed by atoms with van der Waals surface area (Å²) >= 11 is 0. The van der Waals surface area contributed by atoms with E-state index in [0.717, 1.165) is 0 Å². The Labute approximate surface area is 123 Å². The van der Waals surface area contributed by atoms with Crippen molar-refractivity contribution >= 4 is 11.8 Å². The normalized spacial score (nSPS) is 20.5. The van der Waals surface area contributed by atoms with E-state index in [2.05, 4.69) is 6.58 Å². The predicted molar refractivity (Wildman–Crippen MR) is 78.9 cm³/mol. The Bertz CT molecular complexity index is 640. The molecule has 0 spiro atoms. The minimum Gasteiger partial charge on any atom is -0.512 e. The van der Waals surface area contributed by atoms with Gasteiger partial charge in [0, 0.05) is 11.1 Å². The highest BCUT2D eigenvalue weighted by Gasteiger charge is 2.42. The molecule has 0 aliphatic heterocycles. The first kappa shape index (κ1) is 14.8. The van der Waals surface area contributed by atoms with Crippen LogP contribution in [-0.2, 0) is 9.53 Å². The van der Waals surface area contributed by atoms with Gasteiger partial charge in [-0.05, 0) is 19.1 Å². The minimum atomic E-state index is -1.53. The molecule has 1 aromatic rings. The summed E-state index contributed by atoms with van der Waals surface area (Å²) < 4.78 is 5.35. The fourth-order valence-electron chi connectivity index (χ4n) is 2.06. The number of ketones is 1. The van der Waals surface area contributed by atoms with E-state index in [-0.39, 0.29) is 23.5 Å². The molecule has 0 aromatic heterocycles. The van der Waals surface area contributed by atoms with Crippen LogP contribution in [0.25, 0.3) is 0 Å². The number of aliphatic hydroxyl groups is 1. The molecule has 4 heteroatoms. The summed E-state index contributed by atoms with van der Waals surface area (Å²) in [6, 6.07) is 8.52. The Morgan fingerprint density at radius 2 is 1.95 bits per heavy atom. The van der Waals surface area contributed by atoms with Crippen LogP contribution >= 0.6 is 0 Å². The standard InChI is InChI=1S/C17H16O4/c1-12(2)16(20)21-17(10-6-9-14(18)11-17)15(19)13-7-4-3-5-8-13/h3-10,18H,1,11H2,2H3. The Hall–Kier alpha value is -2.62. The van der Waals surface area contributed by atoms with Gasteiger partial charge >= 0.3 is 5.97 Å². The number of aliphatic hydroxyl groups excluding tert-OH is 1. The van der Waals surface area contributed by atoms with Crippen molar-refractivity contribution in [2.24, 2.45) is 0 Å². The van der Waals surface area contributed by atoms with Crippen molar-refractivity contribution in [3.63, 3.8) is 0 Å². The van der Waals surface area contributed by atoms with E-state index in [4.69, 9.17) is 4.74 Å². The van der Waals surface area contributed by atoms with Gasteiger partial charge in [-0.3, -0.25) is 4.79 Å². The Balaban J connectivity index is 2.40. The average molecular weight is 284 g/mol. The zero-order valence-electron chi connectivity index (χ0n) is 11.7. The second-order valence-electron chi connectivity index (χ2n) is 4.95. The number of benzene rings is 1. The quantitative estimate of drug-likeness (QED) is 0.524. The molecular weight excluding hydrogens is 268 g/mol. The second-order valence-corrected chi connectivity index (χ2v) is 4.95. The number of Topliss-reactive ketones (excluding diaryl/α,β-unsaturated/α-hetero) is 1. The van der Waals surface area contributed by atoms with Crippen LogP contribution in [0.3, 0.4) is 0 Å². The van der Waals surface area contributed by atoms with Crippen LogP contribution in [0.5, 0.6) is 0 Å². The van der Waals surface area contributed by atoms with Crippen molar-refractivity contribution < 1.29 is 19.4 Å². The van der Waals surface area contributed by atoms with Gasteiger partial charge in [0.05, 0.1) is 12.2 Å². The third-order valence-electron chi connectivity index (χ3n) is 3.14. The lowest BCUT2D eigenvalue weighted by atomic mass is 9.85. The summed E-state index contributed by atoms with van der Waals surface area (Å²) in [5.41, 5.74) is -0.931. The molecule has 1 unspecified atom stereocenters. The number of carbonyl (C=O) groups excluding carboxylic acids is 2. The monoisotopic (exact) mass is 284 g/mol. The van der Waals surface area contributed by atoms with E-state index in [1.165, 1.54) is 25.2 Å². The second kappa shape index (κ2) is 5.79. The van der Waals surface area contributed by atoms with Crippen LogP contribution in [0.4, 0.5) is 0 Å². The first-order valence-electron chi connectivity index (χ1n) is 6.51. The fraction of sp³-hybridized carbons (Fsp3) is 0.176. The molecule has 4 nitrogen and oxygen atoms in total. The highest BCUT2D eigenvalue weighted by molar-refractivity contribution is 6.06. The Kier molecular flexibility index (Phi) is 4.08. The summed E-state index contributed by atoms with van der Waals surface area (Å²) in [7, 11) is 0. The van der Waals surface area contributed by atoms with Crippen molar-refractivity contribution in [2.45, 2.75) is 18.9 Å². The minimum absolute atomic E-state index is 0.0173. The number of allylic oxidation sites excluding steroid dienone is 2. The van der Waals surface area contributed by atoms with Crippen molar-refractivity contribution in [3.05, 3.63) is 72.0 Å². The average Bonchev–Trinajstić information content (AvgIpc) is 2.47. The molecular formula is C17H16O4. The molecule has 108 valence electrons. The van der Waals surface area contributed by atoms with E-state index in [0.29, 0.717) is 5.56 Å². The van der Waals surface area contributed by atoms with Crippen LogP contribution in [0.15, 0.2) is 66.5 Å². The lowest BCUT2D eigenvalue weighted by Crippen LogP contribution is -2.43. The smallest absolute Gasteiger partial charge is 0.334 e. The zero-order valence-corrected chi connectivity index (χ0v) is 11.7. The van der Waals surface area contributed by atoms with Crippen molar-refractivity contribution in [2.75, 3.05) is 0 Å². The van der Waals surface area contributed by atoms with Gasteiger partial charge in [-0.25, -0.2) is 4.79 Å². The first-order valence-corrected chi connectivity index (χ1v) is 6.51. The number of esters is 1. The van der Waals surface area contributed by atoms with Crippen molar-refractivity contribution in [3.8, 4) is 0 Å². The molecule has 0 bridgehead atoms. The predicted octanol–water partition coefficient (Wildman–Crippen LogP) is 3.13. The van der Waals surface area contributed by atoms with Gasteiger partial charge < -0.3 is 9.84 Å². The molecule has 1 aromatic carbocycles. The zero-order chi connectivity index (χ0) is 15.5. The van der Waals surface area contributed by atoms with Gasteiger partial charge in [-0.15, -0.1) is 0 Å². The molecule has 1 N–H and O–H groups in total. The third kappa shape index (κ3) is 3.11. The summed E-state index contributed by atoms with van der Waals surface area (Å²) in [5.74, 6) is -1.07. The summed E-state index contributed by atoms with van der Waals surface area (Å²) in [6.45, 7) is 5.02. The van der Waals surface area contributed by atoms with Crippen LogP contribution in [-0.4, -0.2) is 22.5 Å². The molecule has 21 heavy (non-hydrogen) atoms. The largest absolute Gasteiger partial charge is 0.512 e. The Morgan fingerprint density at radius 3 is 2.52 bits per heavy atom. The molecule has 0 radical (unpaired) electrons. The number of rotatable bonds is 4. The maximum Gasteiger partial charge on any atom is 0.334 e. The SMILES string of the molecule is C=C(C)C(=O)OC1(C(=O)c2ccccc2)C=CC=C(O)C1. The van der Waals surface area contributed by atoms with Crippen LogP contribution in [0.1, 0.15) is 23.7 Å². The van der Waals surface area contributed by atoms with Gasteiger partial charge in [-0.2, -0.15) is 0 Å². The van der Waals surface area contributed by atoms with E-state index >= 15 is 0 Å². The molecule has 0 amide bonds. The van der Waals surface area contributed by atoms with Gasteiger partial charge in [0.15, 0.2) is 0 Å². The van der Waals surface area contributed by atoms with E-state index in [1.807, 2.05) is 0 Å². The molecule has 0 heterocycles. The molecule has 0 fully saturated rings. The lowest BCUT2D eigenvalue weighted by molar-refractivity contribution is -0.147. The Morgan fingerprint density at radius 1 is 1.29 bits per heavy atom. The van der Waals surface area contributed by atoms with Crippen LogP contribution < -0.4 is 0 Å². The summed E-state index contributed by atoms with van der Waals surface area (Å²) in [6.07, 6.45) is 4.37. The van der Waals surface area contributed by atoms with E-state index < -0.39 is 11.6 Å². The van der Waals surface area contributed by atoms with Crippen molar-refractivity contribution in [1.82, 2.24) is 0 Å². The molecule has 1 aliphatic rings. The molecule has 0 saturated heterocycles. The topological polar surface area (TPSA) is 63.6 Å². The maximum atomic E-state index is 12.7. The van der Waals surface area contributed by atoms with Gasteiger partial charge in [-0.1, -0.05) is 43.0 Å². The highest BCUT2D eigenvalue weighted by Crippen LogP contribution is 2.30. The number of carbonyl (C=O) groups is 2. The fourth-order valence-corrected chi connectivity index (χ4v) is 2.06. The van der Waals surface area contributed by atoms with E-state index in [9.17, 15) is 14.7 Å². The molecule has 1 atom stereocenters. The molecule has 1 aliphatic carbocycles. The van der Waals surface area contributed by atoms with Gasteiger partial charge in [0.25, 0.3) is 0 Å². The van der Waals surface area contributed by atoms with Crippen molar-refractivity contribution in [1.29, 1.82) is 0 Å². The lowest BCUT2D eigenvalue weighted by Gasteiger charge is -2.30. The first-order chi connectivity index (χ1) is 9.94. The summed E-state index contributed by atoms with van der Waals surface area (Å²) in [4.78, 5) is 24.6. The van der Waals surface area contributed by atoms with E-state index in [1.54, 1.807) is 30.3 Å².